The SMILES string of the molecule is CN1C(C)(C)CC(N=C=O)CC1(C)C. The van der Waals surface area contributed by atoms with Crippen LogP contribution < -0.4 is 0 Å². The number of isocyanates is 1. The quantitative estimate of drug-likeness (QED) is 0.474. The van der Waals surface area contributed by atoms with Crippen molar-refractivity contribution in [2.45, 2.75) is 57.7 Å². The standard InChI is InChI=1S/C11H20N2O/c1-10(2)6-9(12-8-14)7-11(3,4)13(10)5/h9H,6-7H2,1-5H3. The van der Waals surface area contributed by atoms with Gasteiger partial charge in [-0.1, -0.05) is 0 Å². The van der Waals surface area contributed by atoms with Crippen LogP contribution in [-0.2, 0) is 4.79 Å². The van der Waals surface area contributed by atoms with Gasteiger partial charge in [-0.25, -0.2) is 9.79 Å². The van der Waals surface area contributed by atoms with Crippen molar-refractivity contribution >= 4 is 6.08 Å². The first-order valence-electron chi connectivity index (χ1n) is 5.10. The summed E-state index contributed by atoms with van der Waals surface area (Å²) >= 11 is 0. The third kappa shape index (κ3) is 2.05. The molecule has 0 aromatic rings. The second-order valence-corrected chi connectivity index (χ2v) is 5.47. The second kappa shape index (κ2) is 3.48. The molecule has 3 nitrogen and oxygen atoms in total. The predicted molar refractivity (Wildman–Crippen MR) is 57.1 cm³/mol. The molecule has 0 spiro atoms. The number of nitrogens with zero attached hydrogens (tertiary/aromatic N) is 2. The first-order valence-corrected chi connectivity index (χ1v) is 5.10. The zero-order valence-corrected chi connectivity index (χ0v) is 9.79. The molecule has 1 aliphatic rings. The van der Waals surface area contributed by atoms with E-state index in [1.807, 2.05) is 0 Å². The second-order valence-electron chi connectivity index (χ2n) is 5.47. The van der Waals surface area contributed by atoms with Gasteiger partial charge >= 0.3 is 0 Å². The molecule has 0 unspecified atom stereocenters. The Morgan fingerprint density at radius 1 is 1.21 bits per heavy atom. The van der Waals surface area contributed by atoms with E-state index in [4.69, 9.17) is 0 Å². The minimum atomic E-state index is 0.104. The van der Waals surface area contributed by atoms with Crippen LogP contribution in [0.1, 0.15) is 40.5 Å². The number of carbonyl (C=O) groups excluding carboxylic acids is 1. The molecule has 14 heavy (non-hydrogen) atoms. The van der Waals surface area contributed by atoms with Crippen molar-refractivity contribution in [3.8, 4) is 0 Å². The van der Waals surface area contributed by atoms with Gasteiger partial charge in [0.2, 0.25) is 6.08 Å². The third-order valence-electron chi connectivity index (χ3n) is 3.52. The molecule has 0 aromatic carbocycles. The van der Waals surface area contributed by atoms with Gasteiger partial charge in [-0.3, -0.25) is 4.90 Å². The molecular formula is C11H20N2O. The maximum absolute atomic E-state index is 10.3. The molecule has 1 aliphatic heterocycles. The van der Waals surface area contributed by atoms with Crippen molar-refractivity contribution < 1.29 is 4.79 Å². The van der Waals surface area contributed by atoms with E-state index in [0.29, 0.717) is 0 Å². The fourth-order valence-electron chi connectivity index (χ4n) is 2.48. The molecule has 0 aromatic heterocycles. The topological polar surface area (TPSA) is 32.7 Å². The minimum absolute atomic E-state index is 0.104. The lowest BCUT2D eigenvalue weighted by molar-refractivity contribution is -0.0107. The number of aliphatic imine (C=N–C) groups is 1. The summed E-state index contributed by atoms with van der Waals surface area (Å²) < 4.78 is 0. The molecule has 3 heteroatoms. The highest BCUT2D eigenvalue weighted by Gasteiger charge is 2.42. The molecule has 0 N–H and O–H groups in total. The smallest absolute Gasteiger partial charge is 0.235 e. The van der Waals surface area contributed by atoms with Gasteiger partial charge in [0.1, 0.15) is 0 Å². The summed E-state index contributed by atoms with van der Waals surface area (Å²) in [6.45, 7) is 8.78. The van der Waals surface area contributed by atoms with Crippen LogP contribution in [0.2, 0.25) is 0 Å². The number of hydrogen-bond donors (Lipinski definition) is 0. The molecule has 1 heterocycles. The Kier molecular flexibility index (Phi) is 2.84. The fraction of sp³-hybridized carbons (Fsp3) is 0.909. The summed E-state index contributed by atoms with van der Waals surface area (Å²) in [7, 11) is 2.14. The minimum Gasteiger partial charge on any atom is -0.296 e. The maximum atomic E-state index is 10.3. The summed E-state index contributed by atoms with van der Waals surface area (Å²) in [4.78, 5) is 16.5. The van der Waals surface area contributed by atoms with E-state index >= 15 is 0 Å². The van der Waals surface area contributed by atoms with Crippen LogP contribution in [0.3, 0.4) is 0 Å². The van der Waals surface area contributed by atoms with Crippen molar-refractivity contribution in [2.75, 3.05) is 7.05 Å². The lowest BCUT2D eigenvalue weighted by Gasteiger charge is -2.52. The number of likely N-dealkylation sites (tertiary alicyclic amines) is 1. The molecule has 0 atom stereocenters. The number of piperidine rings is 1. The van der Waals surface area contributed by atoms with Crippen LogP contribution in [-0.4, -0.2) is 35.1 Å². The number of rotatable bonds is 1. The summed E-state index contributed by atoms with van der Waals surface area (Å²) in [5, 5.41) is 0. The lowest BCUT2D eigenvalue weighted by atomic mass is 9.78. The normalized spacial score (nSPS) is 26.9. The first-order chi connectivity index (χ1) is 6.29. The van der Waals surface area contributed by atoms with E-state index < -0.39 is 0 Å². The monoisotopic (exact) mass is 196 g/mol. The molecule has 0 amide bonds. The van der Waals surface area contributed by atoms with Crippen molar-refractivity contribution in [1.82, 2.24) is 4.90 Å². The van der Waals surface area contributed by atoms with Crippen LogP contribution in [0, 0.1) is 0 Å². The average molecular weight is 196 g/mol. The molecule has 0 radical (unpaired) electrons. The van der Waals surface area contributed by atoms with Gasteiger partial charge in [0, 0.05) is 11.1 Å². The Balaban J connectivity index is 2.91. The average Bonchev–Trinajstić information content (AvgIpc) is 1.99. The van der Waals surface area contributed by atoms with Gasteiger partial charge in [-0.15, -0.1) is 0 Å². The highest BCUT2D eigenvalue weighted by Crippen LogP contribution is 2.37. The van der Waals surface area contributed by atoms with E-state index in [0.717, 1.165) is 12.8 Å². The van der Waals surface area contributed by atoms with Gasteiger partial charge in [0.15, 0.2) is 0 Å². The van der Waals surface area contributed by atoms with Crippen molar-refractivity contribution in [3.63, 3.8) is 0 Å². The summed E-state index contributed by atoms with van der Waals surface area (Å²) in [5.41, 5.74) is 0.208. The third-order valence-corrected chi connectivity index (χ3v) is 3.52. The summed E-state index contributed by atoms with van der Waals surface area (Å²) in [6, 6.07) is 0.133. The van der Waals surface area contributed by atoms with Crippen LogP contribution in [0.15, 0.2) is 4.99 Å². The van der Waals surface area contributed by atoms with Gasteiger partial charge in [-0.2, -0.15) is 0 Å². The van der Waals surface area contributed by atoms with E-state index in [2.05, 4.69) is 44.6 Å². The molecule has 1 saturated heterocycles. The van der Waals surface area contributed by atoms with E-state index in [-0.39, 0.29) is 17.1 Å². The van der Waals surface area contributed by atoms with Crippen molar-refractivity contribution in [1.29, 1.82) is 0 Å². The van der Waals surface area contributed by atoms with Gasteiger partial charge in [-0.05, 0) is 47.6 Å². The molecular weight excluding hydrogens is 176 g/mol. The zero-order chi connectivity index (χ0) is 11.0. The predicted octanol–water partition coefficient (Wildman–Crippen LogP) is 1.97. The Labute approximate surface area is 86.2 Å². The Hall–Kier alpha value is -0.660. The van der Waals surface area contributed by atoms with Crippen LogP contribution in [0.5, 0.6) is 0 Å². The van der Waals surface area contributed by atoms with E-state index in [1.54, 1.807) is 6.08 Å². The molecule has 0 aliphatic carbocycles. The van der Waals surface area contributed by atoms with E-state index in [9.17, 15) is 4.79 Å². The Morgan fingerprint density at radius 2 is 1.64 bits per heavy atom. The maximum Gasteiger partial charge on any atom is 0.235 e. The lowest BCUT2D eigenvalue weighted by Crippen LogP contribution is -2.59. The Morgan fingerprint density at radius 3 is 2.00 bits per heavy atom. The molecule has 0 saturated carbocycles. The largest absolute Gasteiger partial charge is 0.296 e. The summed E-state index contributed by atoms with van der Waals surface area (Å²) in [5.74, 6) is 0. The number of hydrogen-bond acceptors (Lipinski definition) is 3. The molecule has 80 valence electrons. The molecule has 0 bridgehead atoms. The van der Waals surface area contributed by atoms with Crippen molar-refractivity contribution in [2.24, 2.45) is 4.99 Å². The van der Waals surface area contributed by atoms with Crippen LogP contribution in [0.25, 0.3) is 0 Å². The van der Waals surface area contributed by atoms with Crippen LogP contribution >= 0.6 is 0 Å². The van der Waals surface area contributed by atoms with Gasteiger partial charge < -0.3 is 0 Å². The van der Waals surface area contributed by atoms with Gasteiger partial charge in [0.25, 0.3) is 0 Å². The highest BCUT2D eigenvalue weighted by atomic mass is 16.1. The van der Waals surface area contributed by atoms with Crippen molar-refractivity contribution in [3.05, 3.63) is 0 Å². The molecule has 1 fully saturated rings. The first kappa shape index (κ1) is 11.4. The van der Waals surface area contributed by atoms with Crippen LogP contribution in [0.4, 0.5) is 0 Å². The highest BCUT2D eigenvalue weighted by molar-refractivity contribution is 5.34. The van der Waals surface area contributed by atoms with Gasteiger partial charge in [0.05, 0.1) is 6.04 Å². The Bertz CT molecular complexity index is 246. The zero-order valence-electron chi connectivity index (χ0n) is 9.79. The summed E-state index contributed by atoms with van der Waals surface area (Å²) in [6.07, 6.45) is 3.55. The van der Waals surface area contributed by atoms with E-state index in [1.165, 1.54) is 0 Å². The molecule has 1 rings (SSSR count). The fourth-order valence-corrected chi connectivity index (χ4v) is 2.48.